The number of nitrogens with zero attached hydrogens (tertiary/aromatic N) is 2. The van der Waals surface area contributed by atoms with Crippen molar-refractivity contribution in [2.24, 2.45) is 4.99 Å². The van der Waals surface area contributed by atoms with Crippen molar-refractivity contribution in [3.05, 3.63) is 23.5 Å². The Balaban J connectivity index is 1.65. The minimum absolute atomic E-state index is 0.565. The normalized spacial score (nSPS) is 25.1. The third-order valence-electron chi connectivity index (χ3n) is 3.60. The van der Waals surface area contributed by atoms with Gasteiger partial charge in [0.25, 0.3) is 0 Å². The predicted molar refractivity (Wildman–Crippen MR) is 73.2 cm³/mol. The van der Waals surface area contributed by atoms with Crippen molar-refractivity contribution in [1.29, 1.82) is 0 Å². The van der Waals surface area contributed by atoms with Crippen LogP contribution in [0.3, 0.4) is 0 Å². The van der Waals surface area contributed by atoms with E-state index in [1.165, 1.54) is 19.2 Å². The van der Waals surface area contributed by atoms with Gasteiger partial charge in [0.2, 0.25) is 0 Å². The fourth-order valence-electron chi connectivity index (χ4n) is 2.57. The summed E-state index contributed by atoms with van der Waals surface area (Å²) in [6.07, 6.45) is 5.04. The highest BCUT2D eigenvalue weighted by Gasteiger charge is 2.18. The molecule has 0 aliphatic carbocycles. The maximum atomic E-state index is 9.82. The van der Waals surface area contributed by atoms with Crippen LogP contribution in [0, 0.1) is 0 Å². The molecule has 1 aromatic heterocycles. The van der Waals surface area contributed by atoms with Crippen LogP contribution in [0.1, 0.15) is 30.3 Å². The first-order valence-electron chi connectivity index (χ1n) is 6.73. The molecule has 2 aliphatic heterocycles. The standard InChI is InChI=1S/C13H19N5O/c19-13-10-3-5-16-11(12(10)17-8-18-13)7-14-6-9-2-1-4-15-9/h3,5,8-9,13-15,19H,1-2,4,6-7H2,(H,17,18)/t9-,13+/m0/s1. The highest BCUT2D eigenvalue weighted by Crippen LogP contribution is 2.28. The van der Waals surface area contributed by atoms with Gasteiger partial charge in [0.1, 0.15) is 0 Å². The molecule has 0 unspecified atom stereocenters. The summed E-state index contributed by atoms with van der Waals surface area (Å²) in [5.41, 5.74) is 2.45. The second-order valence-electron chi connectivity index (χ2n) is 4.95. The summed E-state index contributed by atoms with van der Waals surface area (Å²) in [6, 6.07) is 2.36. The van der Waals surface area contributed by atoms with E-state index in [0.717, 1.165) is 30.0 Å². The molecule has 0 saturated carbocycles. The Kier molecular flexibility index (Phi) is 3.72. The monoisotopic (exact) mass is 261 g/mol. The summed E-state index contributed by atoms with van der Waals surface area (Å²) in [7, 11) is 0. The summed E-state index contributed by atoms with van der Waals surface area (Å²) in [4.78, 5) is 8.63. The first kappa shape index (κ1) is 12.5. The zero-order valence-electron chi connectivity index (χ0n) is 10.8. The molecule has 3 heterocycles. The second-order valence-corrected chi connectivity index (χ2v) is 4.95. The number of rotatable bonds is 4. The van der Waals surface area contributed by atoms with Crippen LogP contribution in [0.4, 0.5) is 5.69 Å². The van der Waals surface area contributed by atoms with Crippen molar-refractivity contribution in [1.82, 2.24) is 20.9 Å². The van der Waals surface area contributed by atoms with Gasteiger partial charge in [0.15, 0.2) is 6.23 Å². The first-order chi connectivity index (χ1) is 9.34. The van der Waals surface area contributed by atoms with Gasteiger partial charge in [-0.2, -0.15) is 0 Å². The Labute approximate surface area is 112 Å². The minimum atomic E-state index is -0.689. The van der Waals surface area contributed by atoms with E-state index in [1.54, 1.807) is 12.3 Å². The molecule has 1 fully saturated rings. The molecular formula is C13H19N5O. The Morgan fingerprint density at radius 3 is 3.26 bits per heavy atom. The number of aliphatic imine (C=N–C) groups is 1. The first-order valence-corrected chi connectivity index (χ1v) is 6.73. The van der Waals surface area contributed by atoms with Gasteiger partial charge < -0.3 is 21.1 Å². The van der Waals surface area contributed by atoms with Crippen LogP contribution in [-0.4, -0.2) is 35.6 Å². The van der Waals surface area contributed by atoms with Gasteiger partial charge in [-0.25, -0.2) is 4.99 Å². The zero-order chi connectivity index (χ0) is 13.1. The topological polar surface area (TPSA) is 81.6 Å². The number of hydrogen-bond donors (Lipinski definition) is 4. The van der Waals surface area contributed by atoms with Gasteiger partial charge in [-0.15, -0.1) is 0 Å². The summed E-state index contributed by atoms with van der Waals surface area (Å²) in [5, 5.41) is 19.5. The Morgan fingerprint density at radius 1 is 1.47 bits per heavy atom. The zero-order valence-corrected chi connectivity index (χ0v) is 10.8. The van der Waals surface area contributed by atoms with Crippen molar-refractivity contribution < 1.29 is 5.11 Å². The van der Waals surface area contributed by atoms with Crippen LogP contribution in [0.5, 0.6) is 0 Å². The average molecular weight is 261 g/mol. The number of fused-ring (bicyclic) bond motifs is 1. The smallest absolute Gasteiger partial charge is 0.153 e. The quantitative estimate of drug-likeness (QED) is 0.621. The lowest BCUT2D eigenvalue weighted by Crippen LogP contribution is -2.33. The molecule has 6 heteroatoms. The van der Waals surface area contributed by atoms with Gasteiger partial charge in [-0.1, -0.05) is 0 Å². The molecule has 0 bridgehead atoms. The van der Waals surface area contributed by atoms with E-state index in [2.05, 4.69) is 25.9 Å². The molecule has 0 amide bonds. The van der Waals surface area contributed by atoms with Crippen LogP contribution >= 0.6 is 0 Å². The van der Waals surface area contributed by atoms with E-state index in [9.17, 15) is 5.11 Å². The van der Waals surface area contributed by atoms with Crippen molar-refractivity contribution in [3.8, 4) is 0 Å². The lowest BCUT2D eigenvalue weighted by atomic mass is 10.1. The SMILES string of the molecule is O[C@H]1NC=Nc2c1ccnc2CNC[C@@H]1CCCN1. The number of aliphatic hydroxyl groups is 1. The molecule has 1 saturated heterocycles. The average Bonchev–Trinajstić information content (AvgIpc) is 2.93. The van der Waals surface area contributed by atoms with Gasteiger partial charge >= 0.3 is 0 Å². The molecule has 0 aromatic carbocycles. The number of aliphatic hydroxyl groups excluding tert-OH is 1. The van der Waals surface area contributed by atoms with E-state index in [1.807, 2.05) is 0 Å². The molecule has 3 rings (SSSR count). The highest BCUT2D eigenvalue weighted by molar-refractivity contribution is 5.68. The third-order valence-corrected chi connectivity index (χ3v) is 3.60. The number of hydrogen-bond acceptors (Lipinski definition) is 6. The molecule has 19 heavy (non-hydrogen) atoms. The summed E-state index contributed by atoms with van der Waals surface area (Å²) >= 11 is 0. The van der Waals surface area contributed by atoms with Gasteiger partial charge in [-0.3, -0.25) is 4.98 Å². The Bertz CT molecular complexity index is 470. The summed E-state index contributed by atoms with van der Waals surface area (Å²) in [5.74, 6) is 0. The van der Waals surface area contributed by atoms with Crippen LogP contribution < -0.4 is 16.0 Å². The maximum Gasteiger partial charge on any atom is 0.153 e. The van der Waals surface area contributed by atoms with Crippen LogP contribution in [0.2, 0.25) is 0 Å². The van der Waals surface area contributed by atoms with E-state index >= 15 is 0 Å². The van der Waals surface area contributed by atoms with E-state index in [0.29, 0.717) is 12.6 Å². The van der Waals surface area contributed by atoms with Crippen LogP contribution in [-0.2, 0) is 6.54 Å². The van der Waals surface area contributed by atoms with Crippen molar-refractivity contribution in [2.75, 3.05) is 13.1 Å². The van der Waals surface area contributed by atoms with Gasteiger partial charge in [-0.05, 0) is 25.5 Å². The van der Waals surface area contributed by atoms with E-state index in [-0.39, 0.29) is 0 Å². The van der Waals surface area contributed by atoms with Crippen molar-refractivity contribution >= 4 is 12.0 Å². The lowest BCUT2D eigenvalue weighted by molar-refractivity contribution is 0.163. The molecule has 0 spiro atoms. The van der Waals surface area contributed by atoms with Crippen LogP contribution in [0.15, 0.2) is 17.3 Å². The molecular weight excluding hydrogens is 242 g/mol. The number of nitrogens with one attached hydrogen (secondary N) is 3. The molecule has 2 aliphatic rings. The molecule has 6 nitrogen and oxygen atoms in total. The van der Waals surface area contributed by atoms with E-state index in [4.69, 9.17) is 0 Å². The van der Waals surface area contributed by atoms with Crippen LogP contribution in [0.25, 0.3) is 0 Å². The van der Waals surface area contributed by atoms with Crippen molar-refractivity contribution in [3.63, 3.8) is 0 Å². The van der Waals surface area contributed by atoms with E-state index < -0.39 is 6.23 Å². The molecule has 4 N–H and O–H groups in total. The lowest BCUT2D eigenvalue weighted by Gasteiger charge is -2.20. The molecule has 1 aromatic rings. The van der Waals surface area contributed by atoms with Crippen molar-refractivity contribution in [2.45, 2.75) is 31.7 Å². The van der Waals surface area contributed by atoms with Gasteiger partial charge in [0.05, 0.1) is 17.7 Å². The highest BCUT2D eigenvalue weighted by atomic mass is 16.3. The predicted octanol–water partition coefficient (Wildman–Crippen LogP) is 0.177. The largest absolute Gasteiger partial charge is 0.369 e. The fraction of sp³-hybridized carbons (Fsp3) is 0.538. The molecule has 2 atom stereocenters. The van der Waals surface area contributed by atoms with Gasteiger partial charge in [0, 0.05) is 30.9 Å². The Morgan fingerprint density at radius 2 is 2.42 bits per heavy atom. The minimum Gasteiger partial charge on any atom is -0.369 e. The maximum absolute atomic E-state index is 9.82. The summed E-state index contributed by atoms with van der Waals surface area (Å²) in [6.45, 7) is 2.73. The fourth-order valence-corrected chi connectivity index (χ4v) is 2.57. The molecule has 0 radical (unpaired) electrons. The second kappa shape index (κ2) is 5.64. The number of pyridine rings is 1. The molecule has 102 valence electrons. The third kappa shape index (κ3) is 2.75. The summed E-state index contributed by atoms with van der Waals surface area (Å²) < 4.78 is 0. The Hall–Kier alpha value is -1.50. The number of aromatic nitrogens is 1.